The number of carbonyl (C=O) groups excluding carboxylic acids is 2. The minimum absolute atomic E-state index is 0.00322. The maximum atomic E-state index is 12.2. The molecule has 0 radical (unpaired) electrons. The summed E-state index contributed by atoms with van der Waals surface area (Å²) in [6.07, 6.45) is -4.93. The molecule has 1 saturated heterocycles. The van der Waals surface area contributed by atoms with Gasteiger partial charge in [-0.05, 0) is 31.3 Å². The molecule has 0 aromatic heterocycles. The smallest absolute Gasteiger partial charge is 0.318 e. The van der Waals surface area contributed by atoms with Crippen molar-refractivity contribution in [1.82, 2.24) is 9.80 Å². The summed E-state index contributed by atoms with van der Waals surface area (Å²) < 4.78 is 36.5. The van der Waals surface area contributed by atoms with Gasteiger partial charge < -0.3 is 10.2 Å². The maximum Gasteiger partial charge on any atom is 0.471 e. The molecule has 1 aliphatic rings. The summed E-state index contributed by atoms with van der Waals surface area (Å²) in [5.41, 5.74) is 0.414. The summed E-state index contributed by atoms with van der Waals surface area (Å²) in [4.78, 5) is 27.2. The Balaban J connectivity index is 1.91. The van der Waals surface area contributed by atoms with Crippen molar-refractivity contribution >= 4 is 17.4 Å². The number of alkyl halides is 3. The van der Waals surface area contributed by atoms with Crippen molar-refractivity contribution in [3.05, 3.63) is 29.8 Å². The fourth-order valence-corrected chi connectivity index (χ4v) is 2.24. The van der Waals surface area contributed by atoms with Crippen molar-refractivity contribution < 1.29 is 22.8 Å². The summed E-state index contributed by atoms with van der Waals surface area (Å²) in [7, 11) is 2.02. The van der Waals surface area contributed by atoms with Gasteiger partial charge in [-0.25, -0.2) is 0 Å². The summed E-state index contributed by atoms with van der Waals surface area (Å²) in [6, 6.07) is 5.43. The molecular weight excluding hydrogens is 311 g/mol. The molecule has 1 fully saturated rings. The van der Waals surface area contributed by atoms with Gasteiger partial charge in [-0.15, -0.1) is 0 Å². The average Bonchev–Trinajstić information content (AvgIpc) is 2.49. The third kappa shape index (κ3) is 5.04. The van der Waals surface area contributed by atoms with Crippen LogP contribution in [0, 0.1) is 0 Å². The lowest BCUT2D eigenvalue weighted by Gasteiger charge is -2.31. The van der Waals surface area contributed by atoms with Crippen LogP contribution in [-0.4, -0.2) is 67.4 Å². The van der Waals surface area contributed by atoms with Crippen LogP contribution in [0.25, 0.3) is 0 Å². The number of carbonyl (C=O) groups is 2. The minimum Gasteiger partial charge on any atom is -0.318 e. The second-order valence-electron chi connectivity index (χ2n) is 5.53. The molecule has 0 aliphatic carbocycles. The molecule has 23 heavy (non-hydrogen) atoms. The van der Waals surface area contributed by atoms with Gasteiger partial charge in [-0.1, -0.05) is 0 Å². The number of anilines is 1. The highest BCUT2D eigenvalue weighted by molar-refractivity contribution is 5.99. The second kappa shape index (κ2) is 7.10. The molecule has 0 spiro atoms. The first-order chi connectivity index (χ1) is 10.8. The first kappa shape index (κ1) is 17.4. The van der Waals surface area contributed by atoms with E-state index >= 15 is 0 Å². The molecule has 1 aromatic carbocycles. The predicted octanol–water partition coefficient (Wildman–Crippen LogP) is 1.62. The maximum absolute atomic E-state index is 12.2. The zero-order valence-corrected chi connectivity index (χ0v) is 12.7. The van der Waals surface area contributed by atoms with Crippen molar-refractivity contribution in [3.8, 4) is 0 Å². The highest BCUT2D eigenvalue weighted by atomic mass is 19.4. The van der Waals surface area contributed by atoms with Crippen LogP contribution in [0.4, 0.5) is 18.9 Å². The average molecular weight is 329 g/mol. The van der Waals surface area contributed by atoms with Crippen molar-refractivity contribution in [3.63, 3.8) is 0 Å². The number of likely N-dealkylation sites (N-methyl/N-ethyl adjacent to an activating group) is 1. The van der Waals surface area contributed by atoms with Gasteiger partial charge in [0.25, 0.3) is 0 Å². The summed E-state index contributed by atoms with van der Waals surface area (Å²) >= 11 is 0. The van der Waals surface area contributed by atoms with Crippen molar-refractivity contribution in [2.45, 2.75) is 6.18 Å². The van der Waals surface area contributed by atoms with E-state index in [-0.39, 0.29) is 18.0 Å². The van der Waals surface area contributed by atoms with Crippen LogP contribution < -0.4 is 5.32 Å². The van der Waals surface area contributed by atoms with Crippen LogP contribution in [0.15, 0.2) is 24.3 Å². The molecular formula is C15H18F3N3O2. The van der Waals surface area contributed by atoms with E-state index in [4.69, 9.17) is 0 Å². The van der Waals surface area contributed by atoms with Gasteiger partial charge in [0.15, 0.2) is 5.78 Å². The van der Waals surface area contributed by atoms with Gasteiger partial charge in [-0.3, -0.25) is 14.5 Å². The molecule has 8 heteroatoms. The lowest BCUT2D eigenvalue weighted by molar-refractivity contribution is -0.167. The Kier molecular flexibility index (Phi) is 5.38. The van der Waals surface area contributed by atoms with E-state index in [2.05, 4.69) is 4.90 Å². The molecule has 0 unspecified atom stereocenters. The molecule has 1 aromatic rings. The van der Waals surface area contributed by atoms with Gasteiger partial charge in [0.2, 0.25) is 0 Å². The van der Waals surface area contributed by atoms with Gasteiger partial charge in [0.05, 0.1) is 6.54 Å². The Morgan fingerprint density at radius 1 is 1.09 bits per heavy atom. The van der Waals surface area contributed by atoms with Crippen LogP contribution in [0.3, 0.4) is 0 Å². The molecule has 1 heterocycles. The van der Waals surface area contributed by atoms with Crippen molar-refractivity contribution in [2.24, 2.45) is 0 Å². The van der Waals surface area contributed by atoms with Crippen molar-refractivity contribution in [2.75, 3.05) is 45.1 Å². The first-order valence-corrected chi connectivity index (χ1v) is 7.18. The van der Waals surface area contributed by atoms with Crippen molar-refractivity contribution in [1.29, 1.82) is 0 Å². The highest BCUT2D eigenvalue weighted by Gasteiger charge is 2.38. The third-order valence-electron chi connectivity index (χ3n) is 3.69. The van der Waals surface area contributed by atoms with E-state index in [1.807, 2.05) is 11.9 Å². The Labute approximate surface area is 132 Å². The number of nitrogens with one attached hydrogen (secondary N) is 1. The number of rotatable bonds is 4. The fraction of sp³-hybridized carbons (Fsp3) is 0.467. The highest BCUT2D eigenvalue weighted by Crippen LogP contribution is 2.18. The number of piperazine rings is 1. The van der Waals surface area contributed by atoms with Crippen LogP contribution >= 0.6 is 0 Å². The third-order valence-corrected chi connectivity index (χ3v) is 3.69. The topological polar surface area (TPSA) is 52.6 Å². The normalized spacial score (nSPS) is 17.0. The summed E-state index contributed by atoms with van der Waals surface area (Å²) in [5.74, 6) is -2.13. The van der Waals surface area contributed by atoms with Crippen LogP contribution in [0.1, 0.15) is 10.4 Å². The molecule has 0 atom stereocenters. The number of hydrogen-bond donors (Lipinski definition) is 1. The number of ketones is 1. The van der Waals surface area contributed by atoms with Gasteiger partial charge in [0.1, 0.15) is 0 Å². The number of nitrogens with zero attached hydrogens (tertiary/aromatic N) is 2. The summed E-state index contributed by atoms with van der Waals surface area (Å²) in [6.45, 7) is 3.69. The van der Waals surface area contributed by atoms with E-state index in [0.29, 0.717) is 5.56 Å². The van der Waals surface area contributed by atoms with Gasteiger partial charge >= 0.3 is 12.1 Å². The Morgan fingerprint density at radius 3 is 2.17 bits per heavy atom. The van der Waals surface area contributed by atoms with E-state index < -0.39 is 12.1 Å². The lowest BCUT2D eigenvalue weighted by Crippen LogP contribution is -2.46. The Bertz CT molecular complexity index is 564. The Morgan fingerprint density at radius 2 is 1.65 bits per heavy atom. The lowest BCUT2D eigenvalue weighted by atomic mass is 10.1. The van der Waals surface area contributed by atoms with Crippen LogP contribution in [0.2, 0.25) is 0 Å². The number of benzene rings is 1. The molecule has 1 aliphatic heterocycles. The molecule has 0 saturated carbocycles. The SMILES string of the molecule is CN1CCN(CC(=O)c2ccc(NC(=O)C(F)(F)F)cc2)CC1. The minimum atomic E-state index is -4.93. The number of Topliss-reactive ketones (excluding diaryl/α,β-unsaturated/α-hetero) is 1. The molecule has 126 valence electrons. The van der Waals surface area contributed by atoms with Crippen LogP contribution in [-0.2, 0) is 4.79 Å². The number of amides is 1. The zero-order valence-electron chi connectivity index (χ0n) is 12.7. The molecule has 2 rings (SSSR count). The standard InChI is InChI=1S/C15H18F3N3O2/c1-20-6-8-21(9-7-20)10-13(22)11-2-4-12(5-3-11)19-14(23)15(16,17)18/h2-5H,6-10H2,1H3,(H,19,23). The fourth-order valence-electron chi connectivity index (χ4n) is 2.24. The summed E-state index contributed by atoms with van der Waals surface area (Å²) in [5, 5.41) is 1.74. The molecule has 1 amide bonds. The van der Waals surface area contributed by atoms with Gasteiger partial charge in [0, 0.05) is 37.4 Å². The Hall–Kier alpha value is -1.93. The quantitative estimate of drug-likeness (QED) is 0.853. The molecule has 0 bridgehead atoms. The number of halogens is 3. The number of hydrogen-bond acceptors (Lipinski definition) is 4. The van der Waals surface area contributed by atoms with Crippen LogP contribution in [0.5, 0.6) is 0 Å². The molecule has 1 N–H and O–H groups in total. The van der Waals surface area contributed by atoms with E-state index in [9.17, 15) is 22.8 Å². The predicted molar refractivity (Wildman–Crippen MR) is 79.4 cm³/mol. The second-order valence-corrected chi connectivity index (χ2v) is 5.53. The van der Waals surface area contributed by atoms with E-state index in [0.717, 1.165) is 26.2 Å². The first-order valence-electron chi connectivity index (χ1n) is 7.18. The molecule has 5 nitrogen and oxygen atoms in total. The zero-order chi connectivity index (χ0) is 17.0. The van der Waals surface area contributed by atoms with Gasteiger partial charge in [-0.2, -0.15) is 13.2 Å². The van der Waals surface area contributed by atoms with E-state index in [1.165, 1.54) is 24.3 Å². The van der Waals surface area contributed by atoms with E-state index in [1.54, 1.807) is 5.32 Å². The monoisotopic (exact) mass is 329 g/mol. The largest absolute Gasteiger partial charge is 0.471 e.